The Morgan fingerprint density at radius 3 is 2.85 bits per heavy atom. The molecule has 2 rings (SSSR count). The Bertz CT molecular complexity index is 186. The first kappa shape index (κ1) is 9.41. The van der Waals surface area contributed by atoms with Crippen molar-refractivity contribution in [2.24, 2.45) is 5.92 Å². The molecule has 1 N–H and O–H groups in total. The highest BCUT2D eigenvalue weighted by molar-refractivity contribution is 4.85. The molecule has 2 fully saturated rings. The van der Waals surface area contributed by atoms with Crippen LogP contribution in [0.2, 0.25) is 0 Å². The first-order valence-corrected chi connectivity index (χ1v) is 5.20. The first-order valence-electron chi connectivity index (χ1n) is 5.20. The van der Waals surface area contributed by atoms with Crippen molar-refractivity contribution >= 4 is 0 Å². The molecule has 76 valence electrons. The standard InChI is InChI=1S/C10H17FO2/c11-7-10(12)6-5-8-3-1-2-4-9(8)13-10/h8-9,12H,1-7H2/t8-,9-,10-/m0/s1. The molecule has 0 unspecified atom stereocenters. The summed E-state index contributed by atoms with van der Waals surface area (Å²) in [5.74, 6) is -0.890. The van der Waals surface area contributed by atoms with Crippen molar-refractivity contribution in [1.29, 1.82) is 0 Å². The van der Waals surface area contributed by atoms with Gasteiger partial charge in [-0.2, -0.15) is 0 Å². The van der Waals surface area contributed by atoms with Crippen LogP contribution in [-0.4, -0.2) is 23.7 Å². The number of hydrogen-bond donors (Lipinski definition) is 1. The normalized spacial score (nSPS) is 45.7. The van der Waals surface area contributed by atoms with E-state index >= 15 is 0 Å². The highest BCUT2D eigenvalue weighted by Gasteiger charge is 2.41. The second-order valence-corrected chi connectivity index (χ2v) is 4.32. The van der Waals surface area contributed by atoms with Crippen molar-refractivity contribution in [1.82, 2.24) is 0 Å². The summed E-state index contributed by atoms with van der Waals surface area (Å²) in [7, 11) is 0. The summed E-state index contributed by atoms with van der Waals surface area (Å²) in [4.78, 5) is 0. The number of rotatable bonds is 1. The van der Waals surface area contributed by atoms with Crippen molar-refractivity contribution in [2.75, 3.05) is 6.67 Å². The molecular weight excluding hydrogens is 171 g/mol. The van der Waals surface area contributed by atoms with E-state index in [1.807, 2.05) is 0 Å². The van der Waals surface area contributed by atoms with Gasteiger partial charge in [-0.25, -0.2) is 4.39 Å². The van der Waals surface area contributed by atoms with Gasteiger partial charge in [-0.05, 0) is 25.2 Å². The molecule has 1 saturated carbocycles. The van der Waals surface area contributed by atoms with Crippen LogP contribution in [0.25, 0.3) is 0 Å². The van der Waals surface area contributed by atoms with Gasteiger partial charge < -0.3 is 9.84 Å². The van der Waals surface area contributed by atoms with Crippen LogP contribution < -0.4 is 0 Å². The third kappa shape index (κ3) is 1.86. The topological polar surface area (TPSA) is 29.5 Å². The largest absolute Gasteiger partial charge is 0.363 e. The Morgan fingerprint density at radius 1 is 1.31 bits per heavy atom. The lowest BCUT2D eigenvalue weighted by atomic mass is 9.80. The fraction of sp³-hybridized carbons (Fsp3) is 1.00. The van der Waals surface area contributed by atoms with Gasteiger partial charge in [-0.1, -0.05) is 12.8 Å². The van der Waals surface area contributed by atoms with Gasteiger partial charge in [-0.3, -0.25) is 0 Å². The molecule has 2 aliphatic rings. The number of hydrogen-bond acceptors (Lipinski definition) is 2. The van der Waals surface area contributed by atoms with Crippen molar-refractivity contribution in [3.63, 3.8) is 0 Å². The van der Waals surface area contributed by atoms with Crippen LogP contribution in [0.5, 0.6) is 0 Å². The highest BCUT2D eigenvalue weighted by atomic mass is 19.1. The molecule has 0 radical (unpaired) electrons. The van der Waals surface area contributed by atoms with Crippen molar-refractivity contribution in [3.05, 3.63) is 0 Å². The minimum Gasteiger partial charge on any atom is -0.363 e. The quantitative estimate of drug-likeness (QED) is 0.682. The zero-order valence-electron chi connectivity index (χ0n) is 7.84. The van der Waals surface area contributed by atoms with E-state index in [0.717, 1.165) is 19.3 Å². The van der Waals surface area contributed by atoms with Crippen LogP contribution in [-0.2, 0) is 4.74 Å². The first-order chi connectivity index (χ1) is 6.23. The molecule has 13 heavy (non-hydrogen) atoms. The van der Waals surface area contributed by atoms with Crippen LogP contribution in [0.1, 0.15) is 38.5 Å². The third-order valence-electron chi connectivity index (χ3n) is 3.32. The summed E-state index contributed by atoms with van der Waals surface area (Å²) >= 11 is 0. The molecule has 0 amide bonds. The molecule has 0 bridgehead atoms. The van der Waals surface area contributed by atoms with E-state index in [2.05, 4.69) is 0 Å². The molecule has 0 aromatic heterocycles. The number of ether oxygens (including phenoxy) is 1. The summed E-state index contributed by atoms with van der Waals surface area (Å²) in [6, 6.07) is 0. The van der Waals surface area contributed by atoms with Gasteiger partial charge in [-0.15, -0.1) is 0 Å². The molecule has 1 heterocycles. The lowest BCUT2D eigenvalue weighted by molar-refractivity contribution is -0.278. The Hall–Kier alpha value is -0.150. The van der Waals surface area contributed by atoms with E-state index in [4.69, 9.17) is 4.74 Å². The molecule has 1 aliphatic carbocycles. The van der Waals surface area contributed by atoms with E-state index in [1.54, 1.807) is 0 Å². The number of alkyl halides is 1. The summed E-state index contributed by atoms with van der Waals surface area (Å²) < 4.78 is 17.9. The average molecular weight is 188 g/mol. The van der Waals surface area contributed by atoms with E-state index in [1.165, 1.54) is 12.8 Å². The van der Waals surface area contributed by atoms with E-state index in [0.29, 0.717) is 12.3 Å². The predicted octanol–water partition coefficient (Wildman–Crippen LogP) is 2.01. The lowest BCUT2D eigenvalue weighted by Crippen LogP contribution is -2.47. The molecule has 1 saturated heterocycles. The maximum absolute atomic E-state index is 12.4. The van der Waals surface area contributed by atoms with Gasteiger partial charge >= 0.3 is 0 Å². The van der Waals surface area contributed by atoms with Gasteiger partial charge in [0.1, 0.15) is 6.67 Å². The lowest BCUT2D eigenvalue weighted by Gasteiger charge is -2.42. The second-order valence-electron chi connectivity index (χ2n) is 4.32. The highest BCUT2D eigenvalue weighted by Crippen LogP contribution is 2.39. The van der Waals surface area contributed by atoms with E-state index in [-0.39, 0.29) is 6.10 Å². The molecule has 2 nitrogen and oxygen atoms in total. The number of fused-ring (bicyclic) bond motifs is 1. The second kappa shape index (κ2) is 3.54. The molecule has 0 aromatic carbocycles. The maximum Gasteiger partial charge on any atom is 0.194 e. The molecule has 1 aliphatic heterocycles. The predicted molar refractivity (Wildman–Crippen MR) is 47.0 cm³/mol. The van der Waals surface area contributed by atoms with Crippen LogP contribution >= 0.6 is 0 Å². The maximum atomic E-state index is 12.4. The summed E-state index contributed by atoms with van der Waals surface area (Å²) in [5, 5.41) is 9.62. The Balaban J connectivity index is 1.98. The van der Waals surface area contributed by atoms with Gasteiger partial charge in [0.05, 0.1) is 6.10 Å². The van der Waals surface area contributed by atoms with Gasteiger partial charge in [0.2, 0.25) is 0 Å². The fourth-order valence-corrected chi connectivity index (χ4v) is 2.51. The van der Waals surface area contributed by atoms with E-state index < -0.39 is 12.5 Å². The van der Waals surface area contributed by atoms with Crippen molar-refractivity contribution in [2.45, 2.75) is 50.4 Å². The smallest absolute Gasteiger partial charge is 0.194 e. The van der Waals surface area contributed by atoms with Crippen molar-refractivity contribution in [3.8, 4) is 0 Å². The fourth-order valence-electron chi connectivity index (χ4n) is 2.51. The number of aliphatic hydroxyl groups is 1. The van der Waals surface area contributed by atoms with Crippen LogP contribution in [0, 0.1) is 5.92 Å². The monoisotopic (exact) mass is 188 g/mol. The minimum atomic E-state index is -1.46. The molecule has 0 spiro atoms. The minimum absolute atomic E-state index is 0.114. The van der Waals surface area contributed by atoms with Crippen LogP contribution in [0.3, 0.4) is 0 Å². The molecule has 3 heteroatoms. The van der Waals surface area contributed by atoms with Crippen molar-refractivity contribution < 1.29 is 14.2 Å². The Labute approximate surface area is 78.1 Å². The van der Waals surface area contributed by atoms with Gasteiger partial charge in [0.15, 0.2) is 5.79 Å². The average Bonchev–Trinajstić information content (AvgIpc) is 2.18. The summed E-state index contributed by atoms with van der Waals surface area (Å²) in [6.45, 7) is -0.768. The Kier molecular flexibility index (Phi) is 2.56. The zero-order valence-corrected chi connectivity index (χ0v) is 7.84. The van der Waals surface area contributed by atoms with Crippen LogP contribution in [0.4, 0.5) is 4.39 Å². The van der Waals surface area contributed by atoms with Crippen LogP contribution in [0.15, 0.2) is 0 Å². The van der Waals surface area contributed by atoms with Gasteiger partial charge in [0, 0.05) is 6.42 Å². The molecule has 3 atom stereocenters. The third-order valence-corrected chi connectivity index (χ3v) is 3.32. The summed E-state index contributed by atoms with van der Waals surface area (Å²) in [5.41, 5.74) is 0. The van der Waals surface area contributed by atoms with E-state index in [9.17, 15) is 9.50 Å². The molecule has 0 aromatic rings. The SMILES string of the molecule is O[C@@]1(CF)CC[C@@H]2CCCC[C@@H]2O1. The summed E-state index contributed by atoms with van der Waals surface area (Å²) in [6.07, 6.45) is 6.10. The Morgan fingerprint density at radius 2 is 2.08 bits per heavy atom. The zero-order chi connectivity index (χ0) is 9.31. The number of halogens is 1. The molecular formula is C10H17FO2. The van der Waals surface area contributed by atoms with Gasteiger partial charge in [0.25, 0.3) is 0 Å².